The first-order chi connectivity index (χ1) is 29.2. The summed E-state index contributed by atoms with van der Waals surface area (Å²) in [5.41, 5.74) is 15.1. The molecule has 0 bridgehead atoms. The minimum absolute atomic E-state index is 0.685. The zero-order chi connectivity index (χ0) is 40.6. The van der Waals surface area contributed by atoms with Crippen LogP contribution in [0.25, 0.3) is 94.8 Å². The second-order valence-corrected chi connectivity index (χ2v) is 13.9. The number of nitrogens with zero attached hydrogens (tertiary/aromatic N) is 3. The lowest BCUT2D eigenvalue weighted by Crippen LogP contribution is -1.97. The summed E-state index contributed by atoms with van der Waals surface area (Å²) in [6.45, 7) is 8.00. The lowest BCUT2D eigenvalue weighted by Gasteiger charge is -2.14. The highest BCUT2D eigenvalue weighted by Gasteiger charge is 2.16. The van der Waals surface area contributed by atoms with E-state index in [-0.39, 0.29) is 0 Å². The average molecular weight is 762 g/mol. The van der Waals surface area contributed by atoms with Gasteiger partial charge in [-0.2, -0.15) is 0 Å². The second-order valence-electron chi connectivity index (χ2n) is 13.9. The number of para-hydroxylation sites is 2. The van der Waals surface area contributed by atoms with Crippen LogP contribution in [0.5, 0.6) is 0 Å². The van der Waals surface area contributed by atoms with Crippen LogP contribution in [0.15, 0.2) is 212 Å². The molecule has 2 heterocycles. The molecule has 0 spiro atoms. The Balaban J connectivity index is 0.00000118. The van der Waals surface area contributed by atoms with Crippen LogP contribution in [0.1, 0.15) is 27.7 Å². The summed E-state index contributed by atoms with van der Waals surface area (Å²) in [6, 6.07) is 75.1. The fraction of sp³-hybridized carbons (Fsp3) is 0.0714. The highest BCUT2D eigenvalue weighted by atomic mass is 15.0. The summed E-state index contributed by atoms with van der Waals surface area (Å²) in [6.07, 6.45) is 0. The molecule has 0 unspecified atom stereocenters. The van der Waals surface area contributed by atoms with E-state index in [4.69, 9.17) is 9.97 Å². The van der Waals surface area contributed by atoms with E-state index in [0.29, 0.717) is 5.82 Å². The van der Waals surface area contributed by atoms with Crippen molar-refractivity contribution in [2.24, 2.45) is 0 Å². The van der Waals surface area contributed by atoms with E-state index in [1.807, 2.05) is 33.8 Å². The molecule has 0 aliphatic heterocycles. The van der Waals surface area contributed by atoms with E-state index in [1.54, 1.807) is 0 Å². The van der Waals surface area contributed by atoms with Gasteiger partial charge in [0.1, 0.15) is 0 Å². The van der Waals surface area contributed by atoms with Gasteiger partial charge in [0.05, 0.1) is 22.4 Å². The molecule has 2 aromatic heterocycles. The predicted molar refractivity (Wildman–Crippen MR) is 252 cm³/mol. The van der Waals surface area contributed by atoms with Gasteiger partial charge >= 0.3 is 0 Å². The van der Waals surface area contributed by atoms with E-state index < -0.39 is 0 Å². The Morgan fingerprint density at radius 2 is 0.678 bits per heavy atom. The largest absolute Gasteiger partial charge is 0.309 e. The monoisotopic (exact) mass is 761 g/mol. The molecular weight excluding hydrogens is 715 g/mol. The van der Waals surface area contributed by atoms with Crippen LogP contribution in [0.2, 0.25) is 0 Å². The third kappa shape index (κ3) is 7.97. The van der Waals surface area contributed by atoms with Crippen LogP contribution in [-0.4, -0.2) is 14.5 Å². The minimum atomic E-state index is 0.685. The van der Waals surface area contributed by atoms with Gasteiger partial charge in [0, 0.05) is 33.2 Å². The maximum Gasteiger partial charge on any atom is 0.160 e. The van der Waals surface area contributed by atoms with Crippen LogP contribution in [0, 0.1) is 0 Å². The lowest BCUT2D eigenvalue weighted by molar-refractivity contribution is 1.18. The van der Waals surface area contributed by atoms with Crippen molar-refractivity contribution in [3.05, 3.63) is 212 Å². The maximum atomic E-state index is 5.32. The number of rotatable bonds is 7. The van der Waals surface area contributed by atoms with E-state index >= 15 is 0 Å². The summed E-state index contributed by atoms with van der Waals surface area (Å²) < 4.78 is 2.37. The van der Waals surface area contributed by atoms with Crippen molar-refractivity contribution in [2.75, 3.05) is 0 Å². The molecule has 0 atom stereocenters. The molecule has 0 N–H and O–H groups in total. The van der Waals surface area contributed by atoms with Crippen molar-refractivity contribution < 1.29 is 0 Å². The van der Waals surface area contributed by atoms with Crippen LogP contribution in [-0.2, 0) is 0 Å². The molecule has 10 rings (SSSR count). The summed E-state index contributed by atoms with van der Waals surface area (Å²) in [7, 11) is 0. The van der Waals surface area contributed by atoms with Gasteiger partial charge in [-0.15, -0.1) is 0 Å². The number of fused-ring (bicyclic) bond motifs is 3. The van der Waals surface area contributed by atoms with Gasteiger partial charge in [-0.05, 0) is 88.0 Å². The third-order valence-electron chi connectivity index (χ3n) is 10.4. The summed E-state index contributed by atoms with van der Waals surface area (Å²) in [5.74, 6) is 0.685. The first-order valence-electron chi connectivity index (χ1n) is 20.7. The van der Waals surface area contributed by atoms with Crippen LogP contribution < -0.4 is 0 Å². The Hall–Kier alpha value is -7.36. The summed E-state index contributed by atoms with van der Waals surface area (Å²) >= 11 is 0. The quantitative estimate of drug-likeness (QED) is 0.162. The van der Waals surface area contributed by atoms with E-state index in [9.17, 15) is 0 Å². The Labute approximate surface area is 348 Å². The number of hydrogen-bond acceptors (Lipinski definition) is 2. The van der Waals surface area contributed by atoms with Gasteiger partial charge in [0.2, 0.25) is 0 Å². The third-order valence-corrected chi connectivity index (χ3v) is 10.4. The van der Waals surface area contributed by atoms with Crippen LogP contribution >= 0.6 is 0 Å². The Morgan fingerprint density at radius 3 is 1.24 bits per heavy atom. The topological polar surface area (TPSA) is 30.7 Å². The molecule has 8 aromatic carbocycles. The second kappa shape index (κ2) is 17.8. The van der Waals surface area contributed by atoms with Crippen molar-refractivity contribution in [3.8, 4) is 73.0 Å². The van der Waals surface area contributed by atoms with Gasteiger partial charge in [-0.3, -0.25) is 0 Å². The van der Waals surface area contributed by atoms with Gasteiger partial charge in [-0.25, -0.2) is 9.97 Å². The Kier molecular flexibility index (Phi) is 11.6. The molecule has 286 valence electrons. The fourth-order valence-electron chi connectivity index (χ4n) is 7.72. The number of hydrogen-bond donors (Lipinski definition) is 0. The predicted octanol–water partition coefficient (Wildman–Crippen LogP) is 15.6. The molecule has 0 fully saturated rings. The standard InChI is InChI=1S/C52H35N3.2C2H6/c1-4-16-36(17-5-1)42-31-43(37-18-6-2-7-19-37)33-44(32-42)52-53-48(38-20-8-3-9-21-38)35-49(54-52)41-24-14-22-39(30-41)40-23-15-25-45(34-40)55-50-28-12-10-26-46(50)47-27-11-13-29-51(47)55;2*1-2/h1-35H;2*1-2H3. The van der Waals surface area contributed by atoms with Crippen molar-refractivity contribution >= 4 is 21.8 Å². The number of benzene rings is 8. The molecule has 3 nitrogen and oxygen atoms in total. The molecule has 10 aromatic rings. The van der Waals surface area contributed by atoms with E-state index in [0.717, 1.165) is 67.1 Å². The normalized spacial score (nSPS) is 10.7. The van der Waals surface area contributed by atoms with Gasteiger partial charge in [0.15, 0.2) is 5.82 Å². The van der Waals surface area contributed by atoms with Crippen molar-refractivity contribution in [2.45, 2.75) is 27.7 Å². The lowest BCUT2D eigenvalue weighted by atomic mass is 9.95. The van der Waals surface area contributed by atoms with Crippen molar-refractivity contribution in [1.29, 1.82) is 0 Å². The Morgan fingerprint density at radius 1 is 0.288 bits per heavy atom. The first-order valence-corrected chi connectivity index (χ1v) is 20.7. The van der Waals surface area contributed by atoms with Gasteiger partial charge in [-0.1, -0.05) is 185 Å². The molecule has 0 saturated carbocycles. The Bertz CT molecular complexity index is 2850. The SMILES string of the molecule is CC.CC.c1ccc(-c2cc(-c3ccccc3)cc(-c3nc(-c4ccccc4)cc(-c4cccc(-c5cccc(-n6c7ccccc7c7ccccc76)c5)c4)n3)c2)cc1. The van der Waals surface area contributed by atoms with Crippen LogP contribution in [0.3, 0.4) is 0 Å². The zero-order valence-corrected chi connectivity index (χ0v) is 34.0. The molecule has 0 radical (unpaired) electrons. The fourth-order valence-corrected chi connectivity index (χ4v) is 7.72. The zero-order valence-electron chi connectivity index (χ0n) is 34.0. The average Bonchev–Trinajstić information content (AvgIpc) is 3.68. The van der Waals surface area contributed by atoms with Crippen molar-refractivity contribution in [3.63, 3.8) is 0 Å². The molecule has 0 aliphatic carbocycles. The summed E-state index contributed by atoms with van der Waals surface area (Å²) in [5, 5.41) is 2.51. The number of aromatic nitrogens is 3. The first kappa shape index (κ1) is 38.5. The van der Waals surface area contributed by atoms with E-state index in [2.05, 4.69) is 211 Å². The van der Waals surface area contributed by atoms with Gasteiger partial charge in [0.25, 0.3) is 0 Å². The maximum absolute atomic E-state index is 5.32. The molecule has 3 heteroatoms. The summed E-state index contributed by atoms with van der Waals surface area (Å²) in [4.78, 5) is 10.5. The molecule has 0 aliphatic rings. The smallest absolute Gasteiger partial charge is 0.160 e. The highest BCUT2D eigenvalue weighted by Crippen LogP contribution is 2.36. The highest BCUT2D eigenvalue weighted by molar-refractivity contribution is 6.09. The minimum Gasteiger partial charge on any atom is -0.309 e. The van der Waals surface area contributed by atoms with E-state index in [1.165, 1.54) is 21.8 Å². The van der Waals surface area contributed by atoms with Crippen molar-refractivity contribution in [1.82, 2.24) is 14.5 Å². The molecule has 59 heavy (non-hydrogen) atoms. The molecule has 0 amide bonds. The molecular formula is C56H47N3. The van der Waals surface area contributed by atoms with Crippen LogP contribution in [0.4, 0.5) is 0 Å². The van der Waals surface area contributed by atoms with Gasteiger partial charge < -0.3 is 4.57 Å². The molecule has 0 saturated heterocycles.